The molecule has 1 aliphatic heterocycles. The molecule has 1 aromatic heterocycles. The van der Waals surface area contributed by atoms with Gasteiger partial charge in [0.15, 0.2) is 5.82 Å². The van der Waals surface area contributed by atoms with Gasteiger partial charge in [0, 0.05) is 25.6 Å². The number of rotatable bonds is 4. The fraction of sp³-hybridized carbons (Fsp3) is 0.909. The van der Waals surface area contributed by atoms with E-state index in [1.807, 2.05) is 0 Å². The van der Waals surface area contributed by atoms with Crippen LogP contribution in [0.2, 0.25) is 0 Å². The number of nitrogens with zero attached hydrogens (tertiary/aromatic N) is 5. The standard InChI is InChI=1S/C11H21N5O2/c1-8(2)16-4-5-18-10(7-16)9(17)6-11-12-14-15(3)13-11/h8-10,17H,4-7H2,1-3H3. The van der Waals surface area contributed by atoms with Crippen LogP contribution in [0.25, 0.3) is 0 Å². The number of aliphatic hydroxyl groups is 1. The quantitative estimate of drug-likeness (QED) is 0.761. The van der Waals surface area contributed by atoms with E-state index in [-0.39, 0.29) is 6.10 Å². The van der Waals surface area contributed by atoms with E-state index >= 15 is 0 Å². The number of aromatic nitrogens is 4. The lowest BCUT2D eigenvalue weighted by Gasteiger charge is -2.37. The number of ether oxygens (including phenoxy) is 1. The predicted octanol–water partition coefficient (Wildman–Crippen LogP) is -0.777. The van der Waals surface area contributed by atoms with Crippen LogP contribution in [0, 0.1) is 0 Å². The second-order valence-corrected chi connectivity index (χ2v) is 4.96. The van der Waals surface area contributed by atoms with Crippen molar-refractivity contribution in [3.8, 4) is 0 Å². The summed E-state index contributed by atoms with van der Waals surface area (Å²) in [5.74, 6) is 0.551. The van der Waals surface area contributed by atoms with Gasteiger partial charge in [0.2, 0.25) is 0 Å². The molecule has 0 aromatic carbocycles. The molecule has 1 fully saturated rings. The van der Waals surface area contributed by atoms with Gasteiger partial charge in [-0.1, -0.05) is 0 Å². The Morgan fingerprint density at radius 2 is 2.28 bits per heavy atom. The summed E-state index contributed by atoms with van der Waals surface area (Å²) in [5.41, 5.74) is 0. The second-order valence-electron chi connectivity index (χ2n) is 4.96. The summed E-state index contributed by atoms with van der Waals surface area (Å²) in [5, 5.41) is 21.9. The molecule has 0 bridgehead atoms. The highest BCUT2D eigenvalue weighted by atomic mass is 16.5. The Labute approximate surface area is 107 Å². The first kappa shape index (κ1) is 13.4. The summed E-state index contributed by atoms with van der Waals surface area (Å²) < 4.78 is 5.62. The largest absolute Gasteiger partial charge is 0.390 e. The number of hydrogen-bond donors (Lipinski definition) is 1. The Hall–Kier alpha value is -1.05. The van der Waals surface area contributed by atoms with Crippen LogP contribution in [0.3, 0.4) is 0 Å². The van der Waals surface area contributed by atoms with Crippen LogP contribution in [-0.4, -0.2) is 68.2 Å². The molecule has 0 aliphatic carbocycles. The van der Waals surface area contributed by atoms with Gasteiger partial charge in [-0.3, -0.25) is 4.90 Å². The average molecular weight is 255 g/mol. The summed E-state index contributed by atoms with van der Waals surface area (Å²) in [7, 11) is 1.71. The smallest absolute Gasteiger partial charge is 0.177 e. The topological polar surface area (TPSA) is 76.3 Å². The first-order valence-corrected chi connectivity index (χ1v) is 6.33. The molecule has 2 rings (SSSR count). The molecule has 2 heterocycles. The van der Waals surface area contributed by atoms with Crippen molar-refractivity contribution in [2.75, 3.05) is 19.7 Å². The number of aryl methyl sites for hydroxylation is 1. The third-order valence-corrected chi connectivity index (χ3v) is 3.23. The van der Waals surface area contributed by atoms with Crippen molar-refractivity contribution >= 4 is 0 Å². The fourth-order valence-corrected chi connectivity index (χ4v) is 2.12. The molecule has 1 aliphatic rings. The number of aliphatic hydroxyl groups excluding tert-OH is 1. The van der Waals surface area contributed by atoms with Crippen LogP contribution in [0.5, 0.6) is 0 Å². The van der Waals surface area contributed by atoms with Gasteiger partial charge in [0.25, 0.3) is 0 Å². The zero-order valence-corrected chi connectivity index (χ0v) is 11.2. The van der Waals surface area contributed by atoms with Crippen LogP contribution in [0.15, 0.2) is 0 Å². The first-order valence-electron chi connectivity index (χ1n) is 6.33. The normalized spacial score (nSPS) is 23.5. The fourth-order valence-electron chi connectivity index (χ4n) is 2.12. The molecule has 1 aromatic rings. The van der Waals surface area contributed by atoms with E-state index in [4.69, 9.17) is 4.74 Å². The Morgan fingerprint density at radius 3 is 2.89 bits per heavy atom. The molecular weight excluding hydrogens is 234 g/mol. The Balaban J connectivity index is 1.90. The van der Waals surface area contributed by atoms with Crippen LogP contribution >= 0.6 is 0 Å². The molecule has 7 heteroatoms. The zero-order valence-electron chi connectivity index (χ0n) is 11.2. The van der Waals surface area contributed by atoms with E-state index in [2.05, 4.69) is 34.2 Å². The van der Waals surface area contributed by atoms with Crippen molar-refractivity contribution in [1.29, 1.82) is 0 Å². The third kappa shape index (κ3) is 3.24. The third-order valence-electron chi connectivity index (χ3n) is 3.23. The molecule has 7 nitrogen and oxygen atoms in total. The van der Waals surface area contributed by atoms with Gasteiger partial charge in [0.1, 0.15) is 0 Å². The molecule has 18 heavy (non-hydrogen) atoms. The van der Waals surface area contributed by atoms with E-state index in [0.29, 0.717) is 24.9 Å². The molecular formula is C11H21N5O2. The molecule has 0 amide bonds. The van der Waals surface area contributed by atoms with Crippen molar-refractivity contribution in [2.24, 2.45) is 7.05 Å². The number of tetrazole rings is 1. The minimum atomic E-state index is -0.587. The van der Waals surface area contributed by atoms with E-state index in [1.54, 1.807) is 7.05 Å². The monoisotopic (exact) mass is 255 g/mol. The molecule has 0 saturated carbocycles. The van der Waals surface area contributed by atoms with Gasteiger partial charge >= 0.3 is 0 Å². The molecule has 2 atom stereocenters. The van der Waals surface area contributed by atoms with E-state index in [0.717, 1.165) is 13.1 Å². The Kier molecular flexibility index (Phi) is 4.26. The maximum absolute atomic E-state index is 10.2. The molecule has 1 saturated heterocycles. The second kappa shape index (κ2) is 5.73. The van der Waals surface area contributed by atoms with Crippen molar-refractivity contribution in [1.82, 2.24) is 25.1 Å². The van der Waals surface area contributed by atoms with E-state index in [9.17, 15) is 5.11 Å². The maximum Gasteiger partial charge on any atom is 0.177 e. The summed E-state index contributed by atoms with van der Waals surface area (Å²) in [6.07, 6.45) is -0.384. The lowest BCUT2D eigenvalue weighted by atomic mass is 10.1. The minimum Gasteiger partial charge on any atom is -0.390 e. The molecule has 1 N–H and O–H groups in total. The first-order chi connectivity index (χ1) is 8.56. The van der Waals surface area contributed by atoms with Gasteiger partial charge in [-0.2, -0.15) is 4.80 Å². The van der Waals surface area contributed by atoms with Gasteiger partial charge in [-0.05, 0) is 19.1 Å². The molecule has 2 unspecified atom stereocenters. The van der Waals surface area contributed by atoms with Gasteiger partial charge in [-0.15, -0.1) is 10.2 Å². The summed E-state index contributed by atoms with van der Waals surface area (Å²) in [4.78, 5) is 3.70. The van der Waals surface area contributed by atoms with Crippen LogP contribution < -0.4 is 0 Å². The summed E-state index contributed by atoms with van der Waals surface area (Å²) in [6, 6.07) is 0.471. The lowest BCUT2D eigenvalue weighted by Crippen LogP contribution is -2.50. The van der Waals surface area contributed by atoms with Crippen molar-refractivity contribution < 1.29 is 9.84 Å². The SMILES string of the molecule is CC(C)N1CCOC(C(O)Cc2nnn(C)n2)C1. The van der Waals surface area contributed by atoms with Gasteiger partial charge < -0.3 is 9.84 Å². The highest BCUT2D eigenvalue weighted by molar-refractivity contribution is 4.87. The van der Waals surface area contributed by atoms with Crippen molar-refractivity contribution in [3.05, 3.63) is 5.82 Å². The molecule has 0 radical (unpaired) electrons. The van der Waals surface area contributed by atoms with Gasteiger partial charge in [0.05, 0.1) is 25.9 Å². The Morgan fingerprint density at radius 1 is 1.50 bits per heavy atom. The average Bonchev–Trinajstić information content (AvgIpc) is 2.75. The molecule has 0 spiro atoms. The summed E-state index contributed by atoms with van der Waals surface area (Å²) >= 11 is 0. The number of hydrogen-bond acceptors (Lipinski definition) is 6. The highest BCUT2D eigenvalue weighted by Crippen LogP contribution is 2.13. The molecule has 102 valence electrons. The van der Waals surface area contributed by atoms with Crippen molar-refractivity contribution in [2.45, 2.75) is 38.5 Å². The summed E-state index contributed by atoms with van der Waals surface area (Å²) in [6.45, 7) is 6.63. The maximum atomic E-state index is 10.2. The van der Waals surface area contributed by atoms with Crippen LogP contribution in [-0.2, 0) is 18.2 Å². The van der Waals surface area contributed by atoms with Crippen LogP contribution in [0.4, 0.5) is 0 Å². The van der Waals surface area contributed by atoms with Crippen molar-refractivity contribution in [3.63, 3.8) is 0 Å². The predicted molar refractivity (Wildman–Crippen MR) is 65.0 cm³/mol. The Bertz CT molecular complexity index is 381. The van der Waals surface area contributed by atoms with Crippen LogP contribution in [0.1, 0.15) is 19.7 Å². The number of morpholine rings is 1. The minimum absolute atomic E-state index is 0.176. The highest BCUT2D eigenvalue weighted by Gasteiger charge is 2.28. The zero-order chi connectivity index (χ0) is 13.1. The lowest BCUT2D eigenvalue weighted by molar-refractivity contribution is -0.0945. The van der Waals surface area contributed by atoms with E-state index < -0.39 is 6.10 Å². The van der Waals surface area contributed by atoms with E-state index in [1.165, 1.54) is 4.80 Å². The van der Waals surface area contributed by atoms with Gasteiger partial charge in [-0.25, -0.2) is 0 Å².